The van der Waals surface area contributed by atoms with Gasteiger partial charge in [-0.3, -0.25) is 0 Å². The average Bonchev–Trinajstić information content (AvgIpc) is 2.15. The molecule has 12 heavy (non-hydrogen) atoms. The van der Waals surface area contributed by atoms with Gasteiger partial charge >= 0.3 is 0 Å². The maximum absolute atomic E-state index is 8.36. The summed E-state index contributed by atoms with van der Waals surface area (Å²) in [5.74, 6) is 0.421. The van der Waals surface area contributed by atoms with Gasteiger partial charge in [0.15, 0.2) is 0 Å². The molecule has 0 unspecified atom stereocenters. The van der Waals surface area contributed by atoms with Gasteiger partial charge in [-0.1, -0.05) is 17.8 Å². The molecule has 0 aliphatic carbocycles. The van der Waals surface area contributed by atoms with Crippen LogP contribution >= 0.6 is 11.8 Å². The molecule has 62 valence electrons. The summed E-state index contributed by atoms with van der Waals surface area (Å²) in [4.78, 5) is 4.12. The Morgan fingerprint density at radius 2 is 2.50 bits per heavy atom. The molecule has 0 bridgehead atoms. The van der Waals surface area contributed by atoms with Crippen LogP contribution in [-0.2, 0) is 6.54 Å². The molecule has 0 aromatic carbocycles. The molecule has 0 atom stereocenters. The van der Waals surface area contributed by atoms with Gasteiger partial charge in [0.2, 0.25) is 0 Å². The van der Waals surface area contributed by atoms with Crippen LogP contribution in [0.1, 0.15) is 5.56 Å². The summed E-state index contributed by atoms with van der Waals surface area (Å²) < 4.78 is 0. The minimum absolute atomic E-state index is 0.421. The van der Waals surface area contributed by atoms with Crippen LogP contribution in [0.3, 0.4) is 0 Å². The molecular formula is C8H9N3S. The fraction of sp³-hybridized carbons (Fsp3) is 0.250. The van der Waals surface area contributed by atoms with E-state index in [0.717, 1.165) is 10.6 Å². The lowest BCUT2D eigenvalue weighted by Gasteiger charge is -2.01. The molecule has 2 N–H and O–H groups in total. The van der Waals surface area contributed by atoms with E-state index in [9.17, 15) is 0 Å². The molecule has 1 rings (SSSR count). The Morgan fingerprint density at radius 3 is 3.17 bits per heavy atom. The number of nitriles is 1. The number of nitrogens with zero attached hydrogens (tertiary/aromatic N) is 2. The third-order valence-electron chi connectivity index (χ3n) is 1.34. The molecular weight excluding hydrogens is 170 g/mol. The topological polar surface area (TPSA) is 62.7 Å². The number of nitrogens with two attached hydrogens (primary N) is 1. The van der Waals surface area contributed by atoms with Crippen LogP contribution in [0.4, 0.5) is 0 Å². The van der Waals surface area contributed by atoms with Crippen LogP contribution < -0.4 is 5.73 Å². The third-order valence-corrected chi connectivity index (χ3v) is 2.26. The van der Waals surface area contributed by atoms with Gasteiger partial charge in [-0.2, -0.15) is 5.26 Å². The lowest BCUT2D eigenvalue weighted by molar-refractivity contribution is 0.964. The van der Waals surface area contributed by atoms with E-state index < -0.39 is 0 Å². The highest BCUT2D eigenvalue weighted by atomic mass is 32.2. The van der Waals surface area contributed by atoms with Gasteiger partial charge in [-0.25, -0.2) is 4.98 Å². The van der Waals surface area contributed by atoms with Crippen molar-refractivity contribution in [3.8, 4) is 6.07 Å². The zero-order valence-corrected chi connectivity index (χ0v) is 7.34. The number of pyridine rings is 1. The quantitative estimate of drug-likeness (QED) is 0.707. The zero-order valence-electron chi connectivity index (χ0n) is 6.53. The third kappa shape index (κ3) is 2.22. The van der Waals surface area contributed by atoms with E-state index in [-0.39, 0.29) is 0 Å². The second-order valence-electron chi connectivity index (χ2n) is 2.12. The molecule has 1 aromatic rings. The number of hydrogen-bond acceptors (Lipinski definition) is 4. The molecule has 0 spiro atoms. The van der Waals surface area contributed by atoms with E-state index in [1.807, 2.05) is 18.2 Å². The first kappa shape index (κ1) is 9.04. The molecule has 3 nitrogen and oxygen atoms in total. The van der Waals surface area contributed by atoms with Crippen molar-refractivity contribution >= 4 is 11.8 Å². The molecule has 1 aromatic heterocycles. The number of hydrogen-bond donors (Lipinski definition) is 1. The van der Waals surface area contributed by atoms with Crippen LogP contribution in [-0.4, -0.2) is 10.7 Å². The van der Waals surface area contributed by atoms with Gasteiger partial charge < -0.3 is 5.73 Å². The lowest BCUT2D eigenvalue weighted by atomic mass is 10.3. The van der Waals surface area contributed by atoms with Crippen molar-refractivity contribution in [1.29, 1.82) is 5.26 Å². The molecule has 1 heterocycles. The maximum Gasteiger partial charge on any atom is 0.101 e. The van der Waals surface area contributed by atoms with Gasteiger partial charge in [0.05, 0.1) is 11.8 Å². The highest BCUT2D eigenvalue weighted by Gasteiger charge is 2.00. The minimum atomic E-state index is 0.421. The SMILES string of the molecule is N#CCSc1ncccc1CN. The summed E-state index contributed by atoms with van der Waals surface area (Å²) in [6, 6.07) is 5.82. The standard InChI is InChI=1S/C8H9N3S/c9-3-5-12-8-7(6-10)2-1-4-11-8/h1-2,4H,5-6,10H2. The van der Waals surface area contributed by atoms with Crippen LogP contribution in [0, 0.1) is 11.3 Å². The van der Waals surface area contributed by atoms with Crippen LogP contribution in [0.25, 0.3) is 0 Å². The predicted octanol–water partition coefficient (Wildman–Crippen LogP) is 1.16. The Hall–Kier alpha value is -1.05. The van der Waals surface area contributed by atoms with Gasteiger partial charge in [0, 0.05) is 12.7 Å². The molecule has 4 heteroatoms. The van der Waals surface area contributed by atoms with Gasteiger partial charge in [-0.05, 0) is 11.6 Å². The molecule has 0 aliphatic rings. The number of thioether (sulfide) groups is 1. The molecule has 0 fully saturated rings. The minimum Gasteiger partial charge on any atom is -0.326 e. The summed E-state index contributed by atoms with van der Waals surface area (Å²) in [7, 11) is 0. The van der Waals surface area contributed by atoms with Crippen molar-refractivity contribution in [2.45, 2.75) is 11.6 Å². The Bertz CT molecular complexity index is 293. The molecule has 0 radical (unpaired) electrons. The Morgan fingerprint density at radius 1 is 1.67 bits per heavy atom. The Labute approximate surface area is 75.6 Å². The van der Waals surface area contributed by atoms with E-state index in [2.05, 4.69) is 4.98 Å². The predicted molar refractivity (Wildman–Crippen MR) is 48.5 cm³/mol. The average molecular weight is 179 g/mol. The van der Waals surface area contributed by atoms with Crippen molar-refractivity contribution in [2.75, 3.05) is 5.75 Å². The maximum atomic E-state index is 8.36. The first-order chi connectivity index (χ1) is 5.88. The van der Waals surface area contributed by atoms with Gasteiger partial charge in [-0.15, -0.1) is 0 Å². The first-order valence-electron chi connectivity index (χ1n) is 3.52. The van der Waals surface area contributed by atoms with Crippen LogP contribution in [0.15, 0.2) is 23.4 Å². The molecule has 0 amide bonds. The number of aromatic nitrogens is 1. The second kappa shape index (κ2) is 4.75. The van der Waals surface area contributed by atoms with Crippen molar-refractivity contribution in [3.63, 3.8) is 0 Å². The lowest BCUT2D eigenvalue weighted by Crippen LogP contribution is -1.99. The summed E-state index contributed by atoms with van der Waals surface area (Å²) in [5.41, 5.74) is 6.48. The van der Waals surface area contributed by atoms with Gasteiger partial charge in [0.25, 0.3) is 0 Å². The van der Waals surface area contributed by atoms with Crippen molar-refractivity contribution in [1.82, 2.24) is 4.98 Å². The van der Waals surface area contributed by atoms with E-state index in [1.165, 1.54) is 11.8 Å². The fourth-order valence-electron chi connectivity index (χ4n) is 0.810. The fourth-order valence-corrected chi connectivity index (χ4v) is 1.48. The van der Waals surface area contributed by atoms with Crippen molar-refractivity contribution in [3.05, 3.63) is 23.9 Å². The molecule has 0 aliphatic heterocycles. The van der Waals surface area contributed by atoms with E-state index >= 15 is 0 Å². The summed E-state index contributed by atoms with van der Waals surface area (Å²) >= 11 is 1.42. The summed E-state index contributed by atoms with van der Waals surface area (Å²) in [5, 5.41) is 9.22. The normalized spacial score (nSPS) is 9.33. The van der Waals surface area contributed by atoms with E-state index in [1.54, 1.807) is 6.20 Å². The van der Waals surface area contributed by atoms with E-state index in [4.69, 9.17) is 11.0 Å². The van der Waals surface area contributed by atoms with Gasteiger partial charge in [0.1, 0.15) is 5.03 Å². The number of rotatable bonds is 3. The second-order valence-corrected chi connectivity index (χ2v) is 3.08. The van der Waals surface area contributed by atoms with Crippen LogP contribution in [0.5, 0.6) is 0 Å². The van der Waals surface area contributed by atoms with Crippen LogP contribution in [0.2, 0.25) is 0 Å². The zero-order chi connectivity index (χ0) is 8.81. The van der Waals surface area contributed by atoms with E-state index in [0.29, 0.717) is 12.3 Å². The summed E-state index contributed by atoms with van der Waals surface area (Å²) in [6.07, 6.45) is 1.71. The van der Waals surface area contributed by atoms with Crippen molar-refractivity contribution in [2.24, 2.45) is 5.73 Å². The molecule has 0 saturated heterocycles. The highest BCUT2D eigenvalue weighted by Crippen LogP contribution is 2.18. The largest absolute Gasteiger partial charge is 0.326 e. The van der Waals surface area contributed by atoms with Crippen molar-refractivity contribution < 1.29 is 0 Å². The Balaban J connectivity index is 2.76. The highest BCUT2D eigenvalue weighted by molar-refractivity contribution is 7.99. The monoisotopic (exact) mass is 179 g/mol. The molecule has 0 saturated carbocycles. The summed E-state index contributed by atoms with van der Waals surface area (Å²) in [6.45, 7) is 0.474. The smallest absolute Gasteiger partial charge is 0.101 e. The first-order valence-corrected chi connectivity index (χ1v) is 4.50. The Kier molecular flexibility index (Phi) is 3.58.